The molecule has 0 unspecified atom stereocenters. The number of H-pyrrole nitrogens is 1. The lowest BCUT2D eigenvalue weighted by Crippen LogP contribution is -2.19. The lowest BCUT2D eigenvalue weighted by molar-refractivity contribution is 0.588. The molecule has 0 fully saturated rings. The largest absolute Gasteiger partial charge is 0.338 e. The molecule has 142 valence electrons. The Kier molecular flexibility index (Phi) is 5.09. The molecule has 0 amide bonds. The van der Waals surface area contributed by atoms with E-state index in [0.29, 0.717) is 16.9 Å². The van der Waals surface area contributed by atoms with E-state index in [9.17, 15) is 8.42 Å². The Balaban J connectivity index is 1.73. The van der Waals surface area contributed by atoms with Gasteiger partial charge in [0.25, 0.3) is 0 Å². The molecule has 5 nitrogen and oxygen atoms in total. The molecule has 0 saturated heterocycles. The molecule has 0 spiro atoms. The van der Waals surface area contributed by atoms with Gasteiger partial charge in [-0.15, -0.1) is 0 Å². The number of imidazole rings is 1. The fourth-order valence-corrected chi connectivity index (χ4v) is 4.11. The number of rotatable bonds is 5. The summed E-state index contributed by atoms with van der Waals surface area (Å²) in [7, 11) is 3.81. The number of aromatic amines is 1. The lowest BCUT2D eigenvalue weighted by Gasteiger charge is -2.09. The van der Waals surface area contributed by atoms with Gasteiger partial charge in [0, 0.05) is 5.56 Å². The number of nitrogens with one attached hydrogen (secondary N) is 2. The smallest absolute Gasteiger partial charge is 0.240 e. The van der Waals surface area contributed by atoms with Crippen molar-refractivity contribution in [2.45, 2.75) is 4.90 Å². The van der Waals surface area contributed by atoms with Gasteiger partial charge in [-0.1, -0.05) is 60.1 Å². The van der Waals surface area contributed by atoms with Gasteiger partial charge < -0.3 is 4.98 Å². The Morgan fingerprint density at radius 1 is 1.00 bits per heavy atom. The molecule has 4 rings (SSSR count). The summed E-state index contributed by atoms with van der Waals surface area (Å²) >= 11 is 0. The second-order valence-electron chi connectivity index (χ2n) is 6.52. The minimum absolute atomic E-state index is 0.237. The predicted molar refractivity (Wildman–Crippen MR) is 119 cm³/mol. The highest BCUT2D eigenvalue weighted by Gasteiger charge is 2.17. The van der Waals surface area contributed by atoms with E-state index in [4.69, 9.17) is 7.85 Å². The Morgan fingerprint density at radius 2 is 1.76 bits per heavy atom. The second kappa shape index (κ2) is 7.70. The van der Waals surface area contributed by atoms with Crippen molar-refractivity contribution in [3.05, 3.63) is 78.1 Å². The Hall–Kier alpha value is -3.16. The number of sulfonamides is 1. The number of hydrogen-bond acceptors (Lipinski definition) is 3. The molecule has 1 heterocycles. The lowest BCUT2D eigenvalue weighted by atomic mass is 9.90. The van der Waals surface area contributed by atoms with Crippen LogP contribution in [0.2, 0.25) is 0 Å². The van der Waals surface area contributed by atoms with Crippen LogP contribution in [0.4, 0.5) is 0 Å². The van der Waals surface area contributed by atoms with E-state index < -0.39 is 10.0 Å². The number of hydrogen-bond donors (Lipinski definition) is 2. The molecule has 0 aliphatic heterocycles. The van der Waals surface area contributed by atoms with Crippen LogP contribution < -0.4 is 10.2 Å². The van der Waals surface area contributed by atoms with Crippen LogP contribution in [0, 0.1) is 0 Å². The van der Waals surface area contributed by atoms with Crippen LogP contribution in [0.3, 0.4) is 0 Å². The standard InChI is InChI=1S/C22H18BN3O2S/c1-24-29(27,28)21-9-5-3-7-17(21)16-10-12-19-20(14-16)26-22(25-19)13-11-15-6-2-4-8-18(15)23/h2-14,24H,1H3,(H,25,26)/b13-11+. The van der Waals surface area contributed by atoms with Crippen molar-refractivity contribution >= 4 is 46.5 Å². The van der Waals surface area contributed by atoms with E-state index in [1.54, 1.807) is 18.2 Å². The van der Waals surface area contributed by atoms with Crippen LogP contribution in [0.1, 0.15) is 11.4 Å². The molecule has 0 bridgehead atoms. The second-order valence-corrected chi connectivity index (χ2v) is 8.37. The molecule has 0 saturated carbocycles. The van der Waals surface area contributed by atoms with Gasteiger partial charge in [-0.3, -0.25) is 0 Å². The summed E-state index contributed by atoms with van der Waals surface area (Å²) in [5, 5.41) is 0. The Labute approximate surface area is 171 Å². The molecule has 0 atom stereocenters. The highest BCUT2D eigenvalue weighted by molar-refractivity contribution is 7.89. The van der Waals surface area contributed by atoms with Crippen LogP contribution in [0.5, 0.6) is 0 Å². The van der Waals surface area contributed by atoms with Crippen molar-refractivity contribution < 1.29 is 8.42 Å². The molecule has 29 heavy (non-hydrogen) atoms. The van der Waals surface area contributed by atoms with Gasteiger partial charge in [0.05, 0.1) is 15.9 Å². The van der Waals surface area contributed by atoms with Gasteiger partial charge in [0.15, 0.2) is 0 Å². The van der Waals surface area contributed by atoms with E-state index >= 15 is 0 Å². The Bertz CT molecular complexity index is 1330. The first-order valence-electron chi connectivity index (χ1n) is 9.03. The van der Waals surface area contributed by atoms with Crippen LogP contribution in [0.25, 0.3) is 34.3 Å². The van der Waals surface area contributed by atoms with E-state index in [-0.39, 0.29) is 4.90 Å². The summed E-state index contributed by atoms with van der Waals surface area (Å²) < 4.78 is 27.1. The summed E-state index contributed by atoms with van der Waals surface area (Å²) in [6.07, 6.45) is 3.77. The van der Waals surface area contributed by atoms with Crippen molar-refractivity contribution in [3.63, 3.8) is 0 Å². The number of nitrogens with zero attached hydrogens (tertiary/aromatic N) is 1. The van der Waals surface area contributed by atoms with Gasteiger partial charge in [-0.25, -0.2) is 18.1 Å². The molecule has 3 aromatic carbocycles. The first kappa shape index (κ1) is 19.2. The van der Waals surface area contributed by atoms with Gasteiger partial charge in [-0.05, 0) is 42.4 Å². The fraction of sp³-hybridized carbons (Fsp3) is 0.0455. The zero-order valence-electron chi connectivity index (χ0n) is 15.8. The highest BCUT2D eigenvalue weighted by Crippen LogP contribution is 2.29. The predicted octanol–water partition coefficient (Wildman–Crippen LogP) is 3.10. The third kappa shape index (κ3) is 3.88. The third-order valence-corrected chi connectivity index (χ3v) is 6.15. The van der Waals surface area contributed by atoms with Gasteiger partial charge in [0.1, 0.15) is 13.7 Å². The number of aromatic nitrogens is 2. The average molecular weight is 399 g/mol. The summed E-state index contributed by atoms with van der Waals surface area (Å²) in [6, 6.07) is 20.2. The van der Waals surface area contributed by atoms with Gasteiger partial charge in [-0.2, -0.15) is 0 Å². The highest BCUT2D eigenvalue weighted by atomic mass is 32.2. The fourth-order valence-electron chi connectivity index (χ4n) is 3.16. The number of benzene rings is 3. The molecule has 7 heteroatoms. The first-order chi connectivity index (χ1) is 14.0. The van der Waals surface area contributed by atoms with Crippen molar-refractivity contribution in [1.82, 2.24) is 14.7 Å². The summed E-state index contributed by atoms with van der Waals surface area (Å²) in [6.45, 7) is 0. The SMILES string of the molecule is [B]c1ccccc1/C=C/c1nc2ccc(-c3ccccc3S(=O)(=O)NC)cc2[nH]1. The molecular weight excluding hydrogens is 381 g/mol. The van der Waals surface area contributed by atoms with Gasteiger partial charge >= 0.3 is 0 Å². The van der Waals surface area contributed by atoms with Crippen LogP contribution in [-0.4, -0.2) is 33.3 Å². The quantitative estimate of drug-likeness (QED) is 0.507. The minimum atomic E-state index is -3.57. The van der Waals surface area contributed by atoms with E-state index in [1.165, 1.54) is 7.05 Å². The molecule has 0 aliphatic carbocycles. The van der Waals surface area contributed by atoms with Crippen molar-refractivity contribution in [3.8, 4) is 11.1 Å². The topological polar surface area (TPSA) is 74.8 Å². The molecule has 2 N–H and O–H groups in total. The summed E-state index contributed by atoms with van der Waals surface area (Å²) in [5.41, 5.74) is 4.65. The zero-order valence-corrected chi connectivity index (χ0v) is 16.6. The van der Waals surface area contributed by atoms with Crippen molar-refractivity contribution in [2.24, 2.45) is 0 Å². The maximum Gasteiger partial charge on any atom is 0.240 e. The minimum Gasteiger partial charge on any atom is -0.338 e. The van der Waals surface area contributed by atoms with E-state index in [0.717, 1.165) is 22.2 Å². The third-order valence-electron chi connectivity index (χ3n) is 4.67. The van der Waals surface area contributed by atoms with Crippen molar-refractivity contribution in [2.75, 3.05) is 7.05 Å². The molecule has 2 radical (unpaired) electrons. The molecule has 4 aromatic rings. The van der Waals surface area contributed by atoms with Crippen molar-refractivity contribution in [1.29, 1.82) is 0 Å². The van der Waals surface area contributed by atoms with E-state index in [2.05, 4.69) is 14.7 Å². The summed E-state index contributed by atoms with van der Waals surface area (Å²) in [5.74, 6) is 0.691. The first-order valence-corrected chi connectivity index (χ1v) is 10.5. The van der Waals surface area contributed by atoms with Crippen LogP contribution in [-0.2, 0) is 10.0 Å². The maximum atomic E-state index is 12.4. The molecular formula is C22H18BN3O2S. The van der Waals surface area contributed by atoms with Crippen LogP contribution in [0.15, 0.2) is 71.6 Å². The van der Waals surface area contributed by atoms with E-state index in [1.807, 2.05) is 60.7 Å². The van der Waals surface area contributed by atoms with Crippen LogP contribution >= 0.6 is 0 Å². The normalized spacial score (nSPS) is 12.0. The Morgan fingerprint density at radius 3 is 2.55 bits per heavy atom. The number of fused-ring (bicyclic) bond motifs is 1. The summed E-state index contributed by atoms with van der Waals surface area (Å²) in [4.78, 5) is 8.07. The molecule has 0 aliphatic rings. The molecule has 1 aromatic heterocycles. The maximum absolute atomic E-state index is 12.4. The zero-order chi connectivity index (χ0) is 20.4. The van der Waals surface area contributed by atoms with Gasteiger partial charge in [0.2, 0.25) is 10.0 Å². The average Bonchev–Trinajstić information content (AvgIpc) is 3.15. The monoisotopic (exact) mass is 399 g/mol.